The highest BCUT2D eigenvalue weighted by atomic mass is 16.5. The topological polar surface area (TPSA) is 119 Å². The first-order valence-corrected chi connectivity index (χ1v) is 14.6. The second-order valence-corrected chi connectivity index (χ2v) is 10.2. The molecule has 45 heavy (non-hydrogen) atoms. The van der Waals surface area contributed by atoms with Crippen LogP contribution in [0.1, 0.15) is 56.4 Å². The molecule has 0 radical (unpaired) electrons. The zero-order valence-electron chi connectivity index (χ0n) is 25.3. The van der Waals surface area contributed by atoms with E-state index in [0.29, 0.717) is 58.5 Å². The SMILES string of the molecule is CCOc1cc(C2=NN(C(=O)c3ccc(NC(=O)c4ccc(NC(=O)c5cccc(OC)c5)cc4)cc3)CCC2)ccc1OC. The number of hydrazone groups is 1. The average molecular weight is 607 g/mol. The number of benzene rings is 4. The molecule has 0 saturated carbocycles. The summed E-state index contributed by atoms with van der Waals surface area (Å²) in [4.78, 5) is 38.7. The van der Waals surface area contributed by atoms with Crippen LogP contribution in [0.4, 0.5) is 11.4 Å². The number of anilines is 2. The number of hydrogen-bond donors (Lipinski definition) is 2. The molecule has 1 aliphatic rings. The highest BCUT2D eigenvalue weighted by Gasteiger charge is 2.22. The van der Waals surface area contributed by atoms with Crippen molar-refractivity contribution < 1.29 is 28.6 Å². The molecule has 2 N–H and O–H groups in total. The van der Waals surface area contributed by atoms with Gasteiger partial charge in [0.15, 0.2) is 11.5 Å². The summed E-state index contributed by atoms with van der Waals surface area (Å²) in [5, 5.41) is 11.8. The maximum absolute atomic E-state index is 13.3. The molecule has 0 fully saturated rings. The summed E-state index contributed by atoms with van der Waals surface area (Å²) in [5.74, 6) is 1.02. The minimum absolute atomic E-state index is 0.227. The summed E-state index contributed by atoms with van der Waals surface area (Å²) in [5.41, 5.74) is 4.09. The molecule has 0 spiro atoms. The molecule has 0 atom stereocenters. The van der Waals surface area contributed by atoms with E-state index >= 15 is 0 Å². The lowest BCUT2D eigenvalue weighted by Crippen LogP contribution is -2.32. The van der Waals surface area contributed by atoms with Crippen LogP contribution in [0.3, 0.4) is 0 Å². The number of nitrogens with one attached hydrogen (secondary N) is 2. The molecular weight excluding hydrogens is 572 g/mol. The number of hydrogen-bond acceptors (Lipinski definition) is 7. The number of amides is 3. The zero-order chi connectivity index (χ0) is 31.8. The van der Waals surface area contributed by atoms with E-state index in [9.17, 15) is 14.4 Å². The Morgan fingerprint density at radius 2 is 1.42 bits per heavy atom. The maximum Gasteiger partial charge on any atom is 0.273 e. The lowest BCUT2D eigenvalue weighted by atomic mass is 10.0. The van der Waals surface area contributed by atoms with Crippen LogP contribution < -0.4 is 24.8 Å². The van der Waals surface area contributed by atoms with Crippen molar-refractivity contribution in [3.63, 3.8) is 0 Å². The Labute approximate surface area is 261 Å². The maximum atomic E-state index is 13.3. The third-order valence-electron chi connectivity index (χ3n) is 7.18. The van der Waals surface area contributed by atoms with E-state index in [0.717, 1.165) is 24.1 Å². The van der Waals surface area contributed by atoms with Crippen LogP contribution in [-0.2, 0) is 0 Å². The Morgan fingerprint density at radius 3 is 2.07 bits per heavy atom. The molecule has 0 bridgehead atoms. The van der Waals surface area contributed by atoms with E-state index in [1.165, 1.54) is 12.1 Å². The molecule has 0 aromatic heterocycles. The van der Waals surface area contributed by atoms with Gasteiger partial charge in [-0.05, 0) is 105 Å². The van der Waals surface area contributed by atoms with Crippen LogP contribution in [0, 0.1) is 0 Å². The van der Waals surface area contributed by atoms with Crippen LogP contribution in [-0.4, -0.2) is 55.8 Å². The Morgan fingerprint density at radius 1 is 0.756 bits per heavy atom. The van der Waals surface area contributed by atoms with Gasteiger partial charge >= 0.3 is 0 Å². The summed E-state index contributed by atoms with van der Waals surface area (Å²) in [6.07, 6.45) is 1.51. The van der Waals surface area contributed by atoms with Crippen molar-refractivity contribution in [2.75, 3.05) is 38.0 Å². The smallest absolute Gasteiger partial charge is 0.273 e. The van der Waals surface area contributed by atoms with Gasteiger partial charge in [-0.15, -0.1) is 0 Å². The molecule has 4 aromatic rings. The molecular formula is C35H34N4O6. The minimum atomic E-state index is -0.323. The number of carbonyl (C=O) groups is 3. The second-order valence-electron chi connectivity index (χ2n) is 10.2. The lowest BCUT2D eigenvalue weighted by molar-refractivity contribution is 0.0751. The Balaban J connectivity index is 1.20. The molecule has 3 amide bonds. The number of methoxy groups -OCH3 is 2. The van der Waals surface area contributed by atoms with Crippen molar-refractivity contribution in [2.45, 2.75) is 19.8 Å². The second kappa shape index (κ2) is 14.2. The Kier molecular flexibility index (Phi) is 9.74. The van der Waals surface area contributed by atoms with Crippen LogP contribution >= 0.6 is 0 Å². The van der Waals surface area contributed by atoms with E-state index in [2.05, 4.69) is 15.7 Å². The van der Waals surface area contributed by atoms with E-state index < -0.39 is 0 Å². The Hall–Kier alpha value is -5.64. The van der Waals surface area contributed by atoms with Crippen LogP contribution in [0.5, 0.6) is 17.2 Å². The fourth-order valence-electron chi connectivity index (χ4n) is 4.84. The van der Waals surface area contributed by atoms with Crippen molar-refractivity contribution >= 4 is 34.8 Å². The zero-order valence-corrected chi connectivity index (χ0v) is 25.3. The fraction of sp³-hybridized carbons (Fsp3) is 0.200. The summed E-state index contributed by atoms with van der Waals surface area (Å²) in [6.45, 7) is 2.92. The quantitative estimate of drug-likeness (QED) is 0.220. The third-order valence-corrected chi connectivity index (χ3v) is 7.18. The predicted octanol–water partition coefficient (Wildman–Crippen LogP) is 6.25. The van der Waals surface area contributed by atoms with Crippen LogP contribution in [0.25, 0.3) is 0 Å². The third kappa shape index (κ3) is 7.48. The average Bonchev–Trinajstić information content (AvgIpc) is 3.08. The van der Waals surface area contributed by atoms with Crippen LogP contribution in [0.15, 0.2) is 96.1 Å². The van der Waals surface area contributed by atoms with Gasteiger partial charge in [-0.3, -0.25) is 14.4 Å². The van der Waals surface area contributed by atoms with Crippen LogP contribution in [0.2, 0.25) is 0 Å². The van der Waals surface area contributed by atoms with Gasteiger partial charge in [0.25, 0.3) is 17.7 Å². The summed E-state index contributed by atoms with van der Waals surface area (Å²) in [6, 6.07) is 25.7. The van der Waals surface area contributed by atoms with Crippen molar-refractivity contribution in [1.29, 1.82) is 0 Å². The number of nitrogens with zero attached hydrogens (tertiary/aromatic N) is 2. The highest BCUT2D eigenvalue weighted by molar-refractivity contribution is 6.07. The molecule has 0 aliphatic carbocycles. The van der Waals surface area contributed by atoms with E-state index in [1.807, 2.05) is 25.1 Å². The number of carbonyl (C=O) groups excluding carboxylic acids is 3. The van der Waals surface area contributed by atoms with Crippen molar-refractivity contribution in [1.82, 2.24) is 5.01 Å². The minimum Gasteiger partial charge on any atom is -0.497 e. The fourth-order valence-corrected chi connectivity index (χ4v) is 4.84. The lowest BCUT2D eigenvalue weighted by Gasteiger charge is -2.24. The van der Waals surface area contributed by atoms with Gasteiger partial charge in [0.1, 0.15) is 5.75 Å². The van der Waals surface area contributed by atoms with Gasteiger partial charge in [0.05, 0.1) is 26.5 Å². The van der Waals surface area contributed by atoms with Gasteiger partial charge in [0, 0.05) is 40.2 Å². The molecule has 4 aromatic carbocycles. The molecule has 10 heteroatoms. The van der Waals surface area contributed by atoms with Crippen molar-refractivity contribution in [3.05, 3.63) is 113 Å². The van der Waals surface area contributed by atoms with E-state index in [-0.39, 0.29) is 17.7 Å². The van der Waals surface area contributed by atoms with Gasteiger partial charge in [0.2, 0.25) is 0 Å². The van der Waals surface area contributed by atoms with E-state index in [1.54, 1.807) is 79.9 Å². The Bertz CT molecular complexity index is 1720. The first kappa shape index (κ1) is 30.8. The molecule has 10 nitrogen and oxygen atoms in total. The molecule has 5 rings (SSSR count). The predicted molar refractivity (Wildman–Crippen MR) is 173 cm³/mol. The van der Waals surface area contributed by atoms with Gasteiger partial charge in [-0.1, -0.05) is 6.07 Å². The number of ether oxygens (including phenoxy) is 3. The summed E-state index contributed by atoms with van der Waals surface area (Å²) < 4.78 is 16.3. The normalized spacial score (nSPS) is 12.5. The first-order valence-electron chi connectivity index (χ1n) is 14.6. The van der Waals surface area contributed by atoms with Crippen molar-refractivity contribution in [3.8, 4) is 17.2 Å². The molecule has 0 unspecified atom stereocenters. The van der Waals surface area contributed by atoms with Gasteiger partial charge < -0.3 is 24.8 Å². The largest absolute Gasteiger partial charge is 0.497 e. The van der Waals surface area contributed by atoms with Crippen molar-refractivity contribution in [2.24, 2.45) is 5.10 Å². The summed E-state index contributed by atoms with van der Waals surface area (Å²) in [7, 11) is 3.14. The first-order chi connectivity index (χ1) is 21.9. The van der Waals surface area contributed by atoms with Gasteiger partial charge in [-0.25, -0.2) is 5.01 Å². The number of rotatable bonds is 10. The standard InChI is InChI=1S/C35H34N4O6/c1-4-45-32-22-25(14-19-31(32)44-3)30-9-6-20-39(38-30)35(42)24-12-17-28(18-13-24)36-33(40)23-10-15-27(16-11-23)37-34(41)26-7-5-8-29(21-26)43-2/h5,7-8,10-19,21-22H,4,6,9,20H2,1-3H3,(H,36,40)(H,37,41). The molecule has 0 saturated heterocycles. The summed E-state index contributed by atoms with van der Waals surface area (Å²) >= 11 is 0. The monoisotopic (exact) mass is 606 g/mol. The van der Waals surface area contributed by atoms with E-state index in [4.69, 9.17) is 14.2 Å². The van der Waals surface area contributed by atoms with Gasteiger partial charge in [-0.2, -0.15) is 5.10 Å². The highest BCUT2D eigenvalue weighted by Crippen LogP contribution is 2.30. The molecule has 1 aliphatic heterocycles. The molecule has 1 heterocycles. The molecule has 230 valence electrons.